The van der Waals surface area contributed by atoms with Crippen LogP contribution in [0.25, 0.3) is 0 Å². The van der Waals surface area contributed by atoms with Gasteiger partial charge in [-0.15, -0.1) is 0 Å². The molecule has 0 radical (unpaired) electrons. The maximum absolute atomic E-state index is 13.0. The predicted molar refractivity (Wildman–Crippen MR) is 407 cm³/mol. The number of hydrogen-bond acceptors (Lipinski definition) is 10. The number of carbonyl (C=O) groups is 2. The zero-order valence-corrected chi connectivity index (χ0v) is 63.4. The maximum Gasteiger partial charge on any atom is 0.305 e. The van der Waals surface area contributed by atoms with E-state index < -0.39 is 49.5 Å². The maximum atomic E-state index is 13.0. The van der Waals surface area contributed by atoms with Crippen LogP contribution in [0.1, 0.15) is 431 Å². The monoisotopic (exact) mass is 1360 g/mol. The normalized spacial score (nSPS) is 17.4. The van der Waals surface area contributed by atoms with Crippen molar-refractivity contribution in [1.29, 1.82) is 0 Å². The highest BCUT2D eigenvalue weighted by Gasteiger charge is 2.44. The third-order valence-electron chi connectivity index (χ3n) is 20.2. The lowest BCUT2D eigenvalue weighted by Crippen LogP contribution is -2.60. The summed E-state index contributed by atoms with van der Waals surface area (Å²) >= 11 is 0. The first-order chi connectivity index (χ1) is 47.2. The molecule has 7 unspecified atom stereocenters. The van der Waals surface area contributed by atoms with Crippen molar-refractivity contribution in [3.8, 4) is 0 Å². The minimum atomic E-state index is -1.57. The molecule has 96 heavy (non-hydrogen) atoms. The van der Waals surface area contributed by atoms with E-state index in [0.29, 0.717) is 19.4 Å². The number of ether oxygens (including phenoxy) is 3. The summed E-state index contributed by atoms with van der Waals surface area (Å²) in [6, 6.07) is -0.823. The second kappa shape index (κ2) is 74.1. The van der Waals surface area contributed by atoms with Crippen molar-refractivity contribution in [3.05, 3.63) is 36.5 Å². The molecule has 7 atom stereocenters. The van der Waals surface area contributed by atoms with Gasteiger partial charge in [-0.25, -0.2) is 0 Å². The van der Waals surface area contributed by atoms with Gasteiger partial charge in [0.05, 0.1) is 32.0 Å². The summed E-state index contributed by atoms with van der Waals surface area (Å²) in [5, 5.41) is 54.4. The molecule has 11 nitrogen and oxygen atoms in total. The zero-order chi connectivity index (χ0) is 69.4. The van der Waals surface area contributed by atoms with E-state index >= 15 is 0 Å². The Morgan fingerprint density at radius 2 is 0.677 bits per heavy atom. The lowest BCUT2D eigenvalue weighted by Gasteiger charge is -2.40. The number of rotatable bonds is 76. The summed E-state index contributed by atoms with van der Waals surface area (Å²) in [6.07, 6.45) is 88.0. The highest BCUT2D eigenvalue weighted by molar-refractivity contribution is 5.76. The molecule has 11 heteroatoms. The van der Waals surface area contributed by atoms with Gasteiger partial charge in [-0.05, 0) is 70.6 Å². The summed E-state index contributed by atoms with van der Waals surface area (Å²) in [7, 11) is 0. The van der Waals surface area contributed by atoms with Crippen molar-refractivity contribution >= 4 is 11.9 Å². The molecule has 1 aliphatic heterocycles. The van der Waals surface area contributed by atoms with E-state index in [4.69, 9.17) is 14.2 Å². The Morgan fingerprint density at radius 1 is 0.375 bits per heavy atom. The number of aliphatic hydroxyl groups excluding tert-OH is 5. The van der Waals surface area contributed by atoms with E-state index in [-0.39, 0.29) is 18.5 Å². The van der Waals surface area contributed by atoms with Crippen molar-refractivity contribution < 1.29 is 49.3 Å². The molecular weight excluding hydrogens is 1190 g/mol. The molecule has 1 heterocycles. The fourth-order valence-electron chi connectivity index (χ4n) is 13.6. The molecule has 0 aromatic heterocycles. The second-order valence-corrected chi connectivity index (χ2v) is 29.5. The largest absolute Gasteiger partial charge is 0.466 e. The molecule has 0 aliphatic carbocycles. The number of allylic oxidation sites excluding steroid dienone is 5. The molecule has 1 aliphatic rings. The number of hydrogen-bond donors (Lipinski definition) is 6. The van der Waals surface area contributed by atoms with Gasteiger partial charge in [-0.3, -0.25) is 9.59 Å². The first-order valence-electron chi connectivity index (χ1n) is 42.3. The van der Waals surface area contributed by atoms with Crippen molar-refractivity contribution in [2.45, 2.75) is 474 Å². The minimum Gasteiger partial charge on any atom is -0.466 e. The highest BCUT2D eigenvalue weighted by Crippen LogP contribution is 2.24. The molecule has 1 amide bonds. The SMILES string of the molecule is CCCCCC/C=C/CC/C=C/C(O)C(COC1OC(CO)C(O)C(O)C1O)NC(=O)CCCCCCCCCCCCCCCCCCC/C=C\CCCCCCCCCCCCCCCCCCCCOC(=O)CCCCCCCCCCCCCCCCCCCCC. The van der Waals surface area contributed by atoms with Crippen LogP contribution in [0.3, 0.4) is 0 Å². The van der Waals surface area contributed by atoms with Crippen LogP contribution in [0.15, 0.2) is 36.5 Å². The quantitative estimate of drug-likeness (QED) is 0.0195. The molecule has 1 rings (SSSR count). The average molecular weight is 1360 g/mol. The van der Waals surface area contributed by atoms with Crippen molar-refractivity contribution in [2.75, 3.05) is 19.8 Å². The lowest BCUT2D eigenvalue weighted by molar-refractivity contribution is -0.302. The number of aliphatic hydroxyl groups is 5. The van der Waals surface area contributed by atoms with Crippen LogP contribution in [0, 0.1) is 0 Å². The number of carbonyl (C=O) groups excluding carboxylic acids is 2. The van der Waals surface area contributed by atoms with Gasteiger partial charge in [0, 0.05) is 12.8 Å². The van der Waals surface area contributed by atoms with Gasteiger partial charge in [0.2, 0.25) is 5.91 Å². The van der Waals surface area contributed by atoms with Crippen LogP contribution in [0.2, 0.25) is 0 Å². The number of amides is 1. The summed E-state index contributed by atoms with van der Waals surface area (Å²) in [4.78, 5) is 25.2. The van der Waals surface area contributed by atoms with Crippen molar-refractivity contribution in [2.24, 2.45) is 0 Å². The van der Waals surface area contributed by atoms with E-state index in [0.717, 1.165) is 51.4 Å². The second-order valence-electron chi connectivity index (χ2n) is 29.5. The van der Waals surface area contributed by atoms with Gasteiger partial charge < -0.3 is 45.1 Å². The topological polar surface area (TPSA) is 175 Å². The van der Waals surface area contributed by atoms with E-state index in [1.807, 2.05) is 6.08 Å². The van der Waals surface area contributed by atoms with E-state index in [9.17, 15) is 35.1 Å². The first-order valence-corrected chi connectivity index (χ1v) is 42.3. The lowest BCUT2D eigenvalue weighted by atomic mass is 9.99. The number of nitrogens with one attached hydrogen (secondary N) is 1. The van der Waals surface area contributed by atoms with Gasteiger partial charge in [-0.1, -0.05) is 384 Å². The highest BCUT2D eigenvalue weighted by atomic mass is 16.7. The molecule has 0 spiro atoms. The molecule has 1 saturated heterocycles. The molecule has 0 saturated carbocycles. The fourth-order valence-corrected chi connectivity index (χ4v) is 13.6. The van der Waals surface area contributed by atoms with E-state index in [2.05, 4.69) is 43.5 Å². The Bertz CT molecular complexity index is 1690. The Kier molecular flexibility index (Phi) is 70.9. The Balaban J connectivity index is 1.83. The average Bonchev–Trinajstić information content (AvgIpc) is 0.836. The molecule has 1 fully saturated rings. The van der Waals surface area contributed by atoms with Crippen LogP contribution in [0.4, 0.5) is 0 Å². The van der Waals surface area contributed by atoms with Crippen LogP contribution in [0.5, 0.6) is 0 Å². The number of unbranched alkanes of at least 4 members (excludes halogenated alkanes) is 58. The minimum absolute atomic E-state index is 0.0223. The van der Waals surface area contributed by atoms with Gasteiger partial charge >= 0.3 is 5.97 Å². The van der Waals surface area contributed by atoms with Crippen molar-refractivity contribution in [3.63, 3.8) is 0 Å². The van der Waals surface area contributed by atoms with Gasteiger partial charge in [0.25, 0.3) is 0 Å². The molecule has 0 aromatic carbocycles. The summed E-state index contributed by atoms with van der Waals surface area (Å²) in [5.74, 6) is -0.165. The standard InChI is InChI=1S/C85H161NO10/c1-3-5-7-9-11-13-15-16-17-18-40-44-47-50-53-57-61-65-69-73-81(90)94-74-70-66-62-58-54-51-48-45-42-39-37-35-33-31-29-27-25-23-21-19-20-22-24-26-28-30-32-34-36-38-41-43-46-49-52-56-60-64-68-72-80(89)86-77(76-95-85-84(93)83(92)82(91)79(75-87)96-85)78(88)71-67-63-59-55-14-12-10-8-6-4-2/h14,19-20,55,67,71,77-79,82-85,87-88,91-93H,3-13,15-18,21-54,56-66,68-70,72-76H2,1-2H3,(H,86,89)/b20-19-,55-14+,71-67+. The third-order valence-corrected chi connectivity index (χ3v) is 20.2. The summed E-state index contributed by atoms with van der Waals surface area (Å²) in [6.45, 7) is 4.35. The van der Waals surface area contributed by atoms with Gasteiger partial charge in [0.15, 0.2) is 6.29 Å². The number of esters is 1. The zero-order valence-electron chi connectivity index (χ0n) is 63.4. The van der Waals surface area contributed by atoms with Gasteiger partial charge in [-0.2, -0.15) is 0 Å². The van der Waals surface area contributed by atoms with E-state index in [1.165, 1.54) is 353 Å². The first kappa shape index (κ1) is 91.9. The Labute approximate surface area is 594 Å². The third kappa shape index (κ3) is 61.7. The smallest absolute Gasteiger partial charge is 0.305 e. The molecule has 566 valence electrons. The van der Waals surface area contributed by atoms with Crippen LogP contribution in [-0.2, 0) is 23.8 Å². The van der Waals surface area contributed by atoms with Crippen LogP contribution >= 0.6 is 0 Å². The molecule has 0 aromatic rings. The van der Waals surface area contributed by atoms with Crippen molar-refractivity contribution in [1.82, 2.24) is 5.32 Å². The molecule has 6 N–H and O–H groups in total. The fraction of sp³-hybridized carbons (Fsp3) is 0.906. The van der Waals surface area contributed by atoms with Crippen LogP contribution in [-0.4, -0.2) is 100 Å². The van der Waals surface area contributed by atoms with E-state index in [1.54, 1.807) is 6.08 Å². The summed E-state index contributed by atoms with van der Waals surface area (Å²) in [5.41, 5.74) is 0. The predicted octanol–water partition coefficient (Wildman–Crippen LogP) is 23.3. The van der Waals surface area contributed by atoms with Gasteiger partial charge in [0.1, 0.15) is 24.4 Å². The Hall–Kier alpha value is -2.12. The molecular formula is C85H161NO10. The Morgan fingerprint density at radius 3 is 1.04 bits per heavy atom. The molecule has 0 bridgehead atoms. The summed E-state index contributed by atoms with van der Waals surface area (Å²) < 4.78 is 16.8. The van der Waals surface area contributed by atoms with Crippen LogP contribution < -0.4 is 5.32 Å².